The zero-order chi connectivity index (χ0) is 14.9. The number of carbonyl (C=O) groups excluding carboxylic acids is 1. The largest absolute Gasteiger partial charge is 0.480 e. The van der Waals surface area contributed by atoms with Crippen LogP contribution in [0, 0.1) is 0 Å². The number of likely N-dealkylation sites (tertiary alicyclic amines) is 1. The first-order chi connectivity index (χ1) is 9.45. The number of carboxylic acid groups (broad SMARTS) is 1. The van der Waals surface area contributed by atoms with Gasteiger partial charge in [0.2, 0.25) is 0 Å². The van der Waals surface area contributed by atoms with Crippen LogP contribution in [0.2, 0.25) is 10.0 Å². The molecule has 2 atom stereocenters. The van der Waals surface area contributed by atoms with Gasteiger partial charge in [0.05, 0.1) is 21.7 Å². The van der Waals surface area contributed by atoms with Gasteiger partial charge in [0, 0.05) is 20.1 Å². The Morgan fingerprint density at radius 2 is 2.10 bits per heavy atom. The number of carbonyl (C=O) groups is 2. The molecule has 1 aromatic rings. The molecule has 5 nitrogen and oxygen atoms in total. The highest BCUT2D eigenvalue weighted by Crippen LogP contribution is 2.29. The number of amides is 1. The van der Waals surface area contributed by atoms with Gasteiger partial charge >= 0.3 is 5.97 Å². The monoisotopic (exact) mass is 317 g/mol. The van der Waals surface area contributed by atoms with E-state index in [1.165, 1.54) is 18.1 Å². The molecule has 108 valence electrons. The predicted octanol–water partition coefficient (Wildman–Crippen LogP) is 2.31. The van der Waals surface area contributed by atoms with E-state index in [0.717, 1.165) is 0 Å². The van der Waals surface area contributed by atoms with Crippen molar-refractivity contribution in [2.45, 2.75) is 18.6 Å². The molecule has 1 fully saturated rings. The highest BCUT2D eigenvalue weighted by Gasteiger charge is 2.40. The van der Waals surface area contributed by atoms with Gasteiger partial charge in [0.15, 0.2) is 0 Å². The van der Waals surface area contributed by atoms with Crippen LogP contribution < -0.4 is 0 Å². The molecule has 20 heavy (non-hydrogen) atoms. The first-order valence-electron chi connectivity index (χ1n) is 5.96. The summed E-state index contributed by atoms with van der Waals surface area (Å²) in [6.07, 6.45) is -0.0338. The smallest absolute Gasteiger partial charge is 0.326 e. The second-order valence-corrected chi connectivity index (χ2v) is 5.29. The van der Waals surface area contributed by atoms with E-state index in [9.17, 15) is 14.7 Å². The fourth-order valence-corrected chi connectivity index (χ4v) is 2.63. The maximum Gasteiger partial charge on any atom is 0.326 e. The number of carboxylic acids is 1. The number of rotatable bonds is 3. The summed E-state index contributed by atoms with van der Waals surface area (Å²) in [7, 11) is 1.49. The van der Waals surface area contributed by atoms with Crippen LogP contribution in [0.4, 0.5) is 0 Å². The van der Waals surface area contributed by atoms with Gasteiger partial charge in [-0.05, 0) is 12.1 Å². The standard InChI is InChI=1S/C13H13Cl2NO4/c1-20-7-5-10(13(18)19)16(6-7)12(17)8-3-2-4-9(14)11(8)15/h2-4,7,10H,5-6H2,1H3,(H,18,19). The first-order valence-corrected chi connectivity index (χ1v) is 6.72. The Balaban J connectivity index is 2.31. The molecule has 1 N–H and O–H groups in total. The second-order valence-electron chi connectivity index (χ2n) is 4.51. The quantitative estimate of drug-likeness (QED) is 0.929. The molecule has 0 spiro atoms. The van der Waals surface area contributed by atoms with Crippen molar-refractivity contribution in [2.24, 2.45) is 0 Å². The van der Waals surface area contributed by atoms with E-state index < -0.39 is 17.9 Å². The van der Waals surface area contributed by atoms with E-state index in [4.69, 9.17) is 27.9 Å². The molecule has 0 saturated carbocycles. The lowest BCUT2D eigenvalue weighted by atomic mass is 10.1. The van der Waals surface area contributed by atoms with Crippen molar-refractivity contribution in [3.05, 3.63) is 33.8 Å². The fraction of sp³-hybridized carbons (Fsp3) is 0.385. The number of ether oxygens (including phenoxy) is 1. The van der Waals surface area contributed by atoms with Crippen molar-refractivity contribution in [2.75, 3.05) is 13.7 Å². The van der Waals surface area contributed by atoms with Crippen molar-refractivity contribution >= 4 is 35.1 Å². The lowest BCUT2D eigenvalue weighted by Gasteiger charge is -2.21. The molecule has 1 heterocycles. The van der Waals surface area contributed by atoms with Crippen LogP contribution in [0.3, 0.4) is 0 Å². The minimum atomic E-state index is -1.06. The average Bonchev–Trinajstić information content (AvgIpc) is 2.85. The number of benzene rings is 1. The Hall–Kier alpha value is -1.30. The lowest BCUT2D eigenvalue weighted by Crippen LogP contribution is -2.40. The minimum absolute atomic E-state index is 0.129. The Bertz CT molecular complexity index is 549. The number of hydrogen-bond donors (Lipinski definition) is 1. The Labute approximate surface area is 126 Å². The molecular weight excluding hydrogens is 305 g/mol. The van der Waals surface area contributed by atoms with E-state index in [-0.39, 0.29) is 34.7 Å². The predicted molar refractivity (Wildman–Crippen MR) is 74.3 cm³/mol. The van der Waals surface area contributed by atoms with Crippen molar-refractivity contribution in [1.82, 2.24) is 4.90 Å². The van der Waals surface area contributed by atoms with Crippen LogP contribution in [0.15, 0.2) is 18.2 Å². The summed E-state index contributed by atoms with van der Waals surface area (Å²) in [6, 6.07) is 3.77. The molecule has 1 saturated heterocycles. The topological polar surface area (TPSA) is 66.8 Å². The molecule has 0 aliphatic carbocycles. The molecule has 1 amide bonds. The molecule has 1 aromatic carbocycles. The van der Waals surface area contributed by atoms with Crippen LogP contribution in [0.25, 0.3) is 0 Å². The van der Waals surface area contributed by atoms with E-state index in [0.29, 0.717) is 0 Å². The molecular formula is C13H13Cl2NO4. The molecule has 2 unspecified atom stereocenters. The maximum atomic E-state index is 12.5. The van der Waals surface area contributed by atoms with Gasteiger partial charge in [0.1, 0.15) is 6.04 Å². The van der Waals surface area contributed by atoms with Crippen molar-refractivity contribution in [1.29, 1.82) is 0 Å². The van der Waals surface area contributed by atoms with Crippen molar-refractivity contribution < 1.29 is 19.4 Å². The zero-order valence-electron chi connectivity index (χ0n) is 10.7. The van der Waals surface area contributed by atoms with Gasteiger partial charge in [0.25, 0.3) is 5.91 Å². The number of halogens is 2. The average molecular weight is 318 g/mol. The van der Waals surface area contributed by atoms with E-state index in [2.05, 4.69) is 0 Å². The third kappa shape index (κ3) is 2.75. The van der Waals surface area contributed by atoms with Gasteiger partial charge in [-0.3, -0.25) is 4.79 Å². The maximum absolute atomic E-state index is 12.5. The summed E-state index contributed by atoms with van der Waals surface area (Å²) < 4.78 is 5.15. The normalized spacial score (nSPS) is 22.1. The summed E-state index contributed by atoms with van der Waals surface area (Å²) in [5, 5.41) is 9.59. The molecule has 0 radical (unpaired) electrons. The molecule has 7 heteroatoms. The molecule has 1 aliphatic rings. The van der Waals surface area contributed by atoms with Crippen LogP contribution in [0.5, 0.6) is 0 Å². The number of nitrogens with zero attached hydrogens (tertiary/aromatic N) is 1. The molecule has 2 rings (SSSR count). The Morgan fingerprint density at radius 1 is 1.40 bits per heavy atom. The van der Waals surface area contributed by atoms with Crippen LogP contribution in [-0.2, 0) is 9.53 Å². The highest BCUT2D eigenvalue weighted by molar-refractivity contribution is 6.43. The minimum Gasteiger partial charge on any atom is -0.480 e. The SMILES string of the molecule is COC1CC(C(=O)O)N(C(=O)c2cccc(Cl)c2Cl)C1. The summed E-state index contributed by atoms with van der Waals surface area (Å²) in [5.41, 5.74) is 0.196. The first kappa shape index (κ1) is 15.1. The third-order valence-corrected chi connectivity index (χ3v) is 4.14. The van der Waals surface area contributed by atoms with Gasteiger partial charge in [-0.15, -0.1) is 0 Å². The van der Waals surface area contributed by atoms with E-state index in [1.807, 2.05) is 0 Å². The van der Waals surface area contributed by atoms with Gasteiger partial charge in [-0.1, -0.05) is 29.3 Å². The number of methoxy groups -OCH3 is 1. The molecule has 0 aromatic heterocycles. The summed E-state index contributed by atoms with van der Waals surface area (Å²) in [5.74, 6) is -1.51. The number of aliphatic carboxylic acids is 1. The highest BCUT2D eigenvalue weighted by atomic mass is 35.5. The van der Waals surface area contributed by atoms with Crippen LogP contribution >= 0.6 is 23.2 Å². The van der Waals surface area contributed by atoms with Crippen molar-refractivity contribution in [3.63, 3.8) is 0 Å². The van der Waals surface area contributed by atoms with E-state index in [1.54, 1.807) is 12.1 Å². The van der Waals surface area contributed by atoms with E-state index >= 15 is 0 Å². The second kappa shape index (κ2) is 5.99. The fourth-order valence-electron chi connectivity index (χ4n) is 2.25. The third-order valence-electron chi connectivity index (χ3n) is 3.32. The van der Waals surface area contributed by atoms with Gasteiger partial charge < -0.3 is 14.7 Å². The summed E-state index contributed by atoms with van der Waals surface area (Å²) in [4.78, 5) is 25.0. The van der Waals surface area contributed by atoms with Crippen LogP contribution in [-0.4, -0.2) is 47.7 Å². The Kier molecular flexibility index (Phi) is 4.52. The zero-order valence-corrected chi connectivity index (χ0v) is 12.2. The van der Waals surface area contributed by atoms with Gasteiger partial charge in [-0.2, -0.15) is 0 Å². The lowest BCUT2D eigenvalue weighted by molar-refractivity contribution is -0.141. The van der Waals surface area contributed by atoms with Gasteiger partial charge in [-0.25, -0.2) is 4.79 Å². The van der Waals surface area contributed by atoms with Crippen molar-refractivity contribution in [3.8, 4) is 0 Å². The van der Waals surface area contributed by atoms with Crippen LogP contribution in [0.1, 0.15) is 16.8 Å². The molecule has 0 bridgehead atoms. The summed E-state index contributed by atoms with van der Waals surface area (Å²) in [6.45, 7) is 0.217. The Morgan fingerprint density at radius 3 is 2.70 bits per heavy atom. The molecule has 1 aliphatic heterocycles. The number of hydrogen-bond acceptors (Lipinski definition) is 3. The summed E-state index contributed by atoms with van der Waals surface area (Å²) >= 11 is 11.9.